The van der Waals surface area contributed by atoms with E-state index in [-0.39, 0.29) is 16.4 Å². The molecule has 0 aliphatic heterocycles. The fourth-order valence-electron chi connectivity index (χ4n) is 1.74. The summed E-state index contributed by atoms with van der Waals surface area (Å²) in [5, 5.41) is 17.6. The highest BCUT2D eigenvalue weighted by Gasteiger charge is 2.25. The number of carboxylic acids is 1. The summed E-state index contributed by atoms with van der Waals surface area (Å²) in [4.78, 5) is 11.4. The SMILES string of the molecule is Cc1sc(C(=O)O)cc1S(=O)(=O)N(C)CCCCCO. The zero-order chi connectivity index (χ0) is 15.3. The van der Waals surface area contributed by atoms with E-state index in [1.807, 2.05) is 0 Å². The van der Waals surface area contributed by atoms with Crippen molar-refractivity contribution in [2.24, 2.45) is 0 Å². The molecule has 0 unspecified atom stereocenters. The summed E-state index contributed by atoms with van der Waals surface area (Å²) in [7, 11) is -2.17. The first kappa shape index (κ1) is 17.1. The molecule has 0 spiro atoms. The molecule has 0 aromatic carbocycles. The number of aromatic carboxylic acids is 1. The van der Waals surface area contributed by atoms with Gasteiger partial charge in [-0.3, -0.25) is 0 Å². The van der Waals surface area contributed by atoms with E-state index in [0.29, 0.717) is 24.3 Å². The van der Waals surface area contributed by atoms with Gasteiger partial charge in [-0.1, -0.05) is 0 Å². The van der Waals surface area contributed by atoms with Crippen molar-refractivity contribution >= 4 is 27.3 Å². The Kier molecular flexibility index (Phi) is 6.12. The van der Waals surface area contributed by atoms with Crippen LogP contribution in [0.3, 0.4) is 0 Å². The number of rotatable bonds is 8. The third-order valence-electron chi connectivity index (χ3n) is 2.90. The number of carboxylic acid groups (broad SMARTS) is 1. The van der Waals surface area contributed by atoms with Gasteiger partial charge >= 0.3 is 5.97 Å². The van der Waals surface area contributed by atoms with Crippen LogP contribution in [0.25, 0.3) is 0 Å². The van der Waals surface area contributed by atoms with E-state index in [0.717, 1.165) is 17.8 Å². The molecule has 20 heavy (non-hydrogen) atoms. The van der Waals surface area contributed by atoms with Gasteiger partial charge in [0.1, 0.15) is 4.88 Å². The van der Waals surface area contributed by atoms with Crippen LogP contribution in [0.5, 0.6) is 0 Å². The lowest BCUT2D eigenvalue weighted by Gasteiger charge is -2.16. The van der Waals surface area contributed by atoms with Crippen molar-refractivity contribution in [3.63, 3.8) is 0 Å². The first-order chi connectivity index (χ1) is 9.30. The summed E-state index contributed by atoms with van der Waals surface area (Å²) in [6.07, 6.45) is 2.05. The molecule has 0 fully saturated rings. The van der Waals surface area contributed by atoms with E-state index in [2.05, 4.69) is 0 Å². The molecule has 8 heteroatoms. The topological polar surface area (TPSA) is 94.9 Å². The van der Waals surface area contributed by atoms with Crippen LogP contribution in [0.2, 0.25) is 0 Å². The van der Waals surface area contributed by atoms with Gasteiger partial charge < -0.3 is 10.2 Å². The quantitative estimate of drug-likeness (QED) is 0.708. The molecule has 1 rings (SSSR count). The fraction of sp³-hybridized carbons (Fsp3) is 0.583. The molecule has 0 saturated heterocycles. The van der Waals surface area contributed by atoms with Crippen LogP contribution in [0.15, 0.2) is 11.0 Å². The van der Waals surface area contributed by atoms with Crippen molar-refractivity contribution in [1.82, 2.24) is 4.31 Å². The molecule has 1 aromatic heterocycles. The van der Waals surface area contributed by atoms with Gasteiger partial charge in [0.2, 0.25) is 10.0 Å². The van der Waals surface area contributed by atoms with Gasteiger partial charge in [-0.05, 0) is 32.3 Å². The zero-order valence-electron chi connectivity index (χ0n) is 11.5. The normalized spacial score (nSPS) is 12.0. The number of aliphatic hydroxyl groups is 1. The maximum atomic E-state index is 12.3. The zero-order valence-corrected chi connectivity index (χ0v) is 13.1. The molecule has 2 N–H and O–H groups in total. The molecule has 6 nitrogen and oxygen atoms in total. The summed E-state index contributed by atoms with van der Waals surface area (Å²) in [6, 6.07) is 1.21. The van der Waals surface area contributed by atoms with Gasteiger partial charge in [-0.25, -0.2) is 17.5 Å². The molecule has 1 aromatic rings. The minimum absolute atomic E-state index is 0.0229. The number of unbranched alkanes of at least 4 members (excludes halogenated alkanes) is 2. The second kappa shape index (κ2) is 7.16. The van der Waals surface area contributed by atoms with Crippen molar-refractivity contribution < 1.29 is 23.4 Å². The summed E-state index contributed by atoms with van der Waals surface area (Å²) >= 11 is 0.960. The van der Waals surface area contributed by atoms with Crippen molar-refractivity contribution in [2.45, 2.75) is 31.1 Å². The Morgan fingerprint density at radius 1 is 1.35 bits per heavy atom. The van der Waals surface area contributed by atoms with Crippen LogP contribution in [0.4, 0.5) is 0 Å². The van der Waals surface area contributed by atoms with Crippen LogP contribution in [-0.4, -0.2) is 49.1 Å². The number of nitrogens with zero attached hydrogens (tertiary/aromatic N) is 1. The van der Waals surface area contributed by atoms with Crippen molar-refractivity contribution in [3.05, 3.63) is 15.8 Å². The molecule has 0 aliphatic carbocycles. The van der Waals surface area contributed by atoms with Gasteiger partial charge in [0, 0.05) is 25.1 Å². The lowest BCUT2D eigenvalue weighted by Crippen LogP contribution is -2.28. The minimum Gasteiger partial charge on any atom is -0.477 e. The Labute approximate surface area is 122 Å². The maximum absolute atomic E-state index is 12.3. The van der Waals surface area contributed by atoms with Gasteiger partial charge in [0.05, 0.1) is 4.90 Å². The lowest BCUT2D eigenvalue weighted by molar-refractivity contribution is 0.0702. The molecule has 0 radical (unpaired) electrons. The second-order valence-corrected chi connectivity index (χ2v) is 7.72. The molecule has 0 bridgehead atoms. The highest BCUT2D eigenvalue weighted by atomic mass is 32.2. The maximum Gasteiger partial charge on any atom is 0.345 e. The van der Waals surface area contributed by atoms with E-state index in [1.165, 1.54) is 17.4 Å². The van der Waals surface area contributed by atoms with Gasteiger partial charge in [0.15, 0.2) is 0 Å². The van der Waals surface area contributed by atoms with E-state index in [4.69, 9.17) is 10.2 Å². The Hall–Kier alpha value is -0.960. The molecule has 0 amide bonds. The molecule has 1 heterocycles. The van der Waals surface area contributed by atoms with Crippen LogP contribution in [0, 0.1) is 6.92 Å². The van der Waals surface area contributed by atoms with Gasteiger partial charge in [-0.15, -0.1) is 11.3 Å². The second-order valence-electron chi connectivity index (χ2n) is 4.45. The summed E-state index contributed by atoms with van der Waals surface area (Å²) in [5.74, 6) is -1.12. The standard InChI is InChI=1S/C12H19NO5S2/c1-9-11(8-10(19-9)12(15)16)20(17,18)13(2)6-4-3-5-7-14/h8,14H,3-7H2,1-2H3,(H,15,16). The first-order valence-corrected chi connectivity index (χ1v) is 8.47. The third-order valence-corrected chi connectivity index (χ3v) is 6.05. The Morgan fingerprint density at radius 3 is 2.50 bits per heavy atom. The molecular formula is C12H19NO5S2. The fourth-order valence-corrected chi connectivity index (χ4v) is 4.34. The van der Waals surface area contributed by atoms with Gasteiger partial charge in [-0.2, -0.15) is 0 Å². The molecule has 0 atom stereocenters. The third kappa shape index (κ3) is 4.02. The van der Waals surface area contributed by atoms with E-state index < -0.39 is 16.0 Å². The highest BCUT2D eigenvalue weighted by molar-refractivity contribution is 7.89. The predicted octanol–water partition coefficient (Wildman–Crippen LogP) is 1.54. The van der Waals surface area contributed by atoms with E-state index in [1.54, 1.807) is 6.92 Å². The van der Waals surface area contributed by atoms with Crippen molar-refractivity contribution in [3.8, 4) is 0 Å². The molecule has 114 valence electrons. The Morgan fingerprint density at radius 2 is 2.00 bits per heavy atom. The highest BCUT2D eigenvalue weighted by Crippen LogP contribution is 2.27. The predicted molar refractivity (Wildman–Crippen MR) is 76.8 cm³/mol. The lowest BCUT2D eigenvalue weighted by atomic mass is 10.2. The smallest absolute Gasteiger partial charge is 0.345 e. The first-order valence-electron chi connectivity index (χ1n) is 6.21. The molecule has 0 saturated carbocycles. The number of sulfonamides is 1. The number of hydrogen-bond donors (Lipinski definition) is 2. The van der Waals surface area contributed by atoms with Crippen LogP contribution in [0.1, 0.15) is 33.8 Å². The Bertz CT molecular complexity index is 564. The molecule has 0 aliphatic rings. The summed E-state index contributed by atoms with van der Waals surface area (Å²) < 4.78 is 25.9. The Balaban J connectivity index is 2.84. The summed E-state index contributed by atoms with van der Waals surface area (Å²) in [6.45, 7) is 2.05. The summed E-state index contributed by atoms with van der Waals surface area (Å²) in [5.41, 5.74) is 0. The monoisotopic (exact) mass is 321 g/mol. The average Bonchev–Trinajstić information content (AvgIpc) is 2.77. The van der Waals surface area contributed by atoms with E-state index >= 15 is 0 Å². The van der Waals surface area contributed by atoms with Crippen LogP contribution < -0.4 is 0 Å². The minimum atomic E-state index is -3.65. The number of aliphatic hydroxyl groups excluding tert-OH is 1. The van der Waals surface area contributed by atoms with Crippen LogP contribution >= 0.6 is 11.3 Å². The average molecular weight is 321 g/mol. The van der Waals surface area contributed by atoms with Crippen LogP contribution in [-0.2, 0) is 10.0 Å². The number of thiophene rings is 1. The van der Waals surface area contributed by atoms with Crippen molar-refractivity contribution in [1.29, 1.82) is 0 Å². The molecular weight excluding hydrogens is 302 g/mol. The number of aryl methyl sites for hydroxylation is 1. The van der Waals surface area contributed by atoms with Crippen molar-refractivity contribution in [2.75, 3.05) is 20.2 Å². The number of hydrogen-bond acceptors (Lipinski definition) is 5. The number of carbonyl (C=O) groups is 1. The van der Waals surface area contributed by atoms with E-state index in [9.17, 15) is 13.2 Å². The van der Waals surface area contributed by atoms with Gasteiger partial charge in [0.25, 0.3) is 0 Å². The largest absolute Gasteiger partial charge is 0.477 e.